The largest absolute Gasteiger partial charge is 0.492 e. The van der Waals surface area contributed by atoms with Crippen molar-refractivity contribution in [3.8, 4) is 17.0 Å². The normalized spacial score (nSPS) is 10.8. The third kappa shape index (κ3) is 3.52. The number of para-hydroxylation sites is 1. The van der Waals surface area contributed by atoms with Crippen molar-refractivity contribution in [3.05, 3.63) is 72.6 Å². The molecule has 0 atom stereocenters. The van der Waals surface area contributed by atoms with Crippen molar-refractivity contribution < 1.29 is 4.74 Å². The fourth-order valence-corrected chi connectivity index (χ4v) is 2.89. The van der Waals surface area contributed by atoms with Crippen molar-refractivity contribution in [1.82, 2.24) is 15.0 Å². The molecule has 0 amide bonds. The lowest BCUT2D eigenvalue weighted by atomic mass is 10.2. The van der Waals surface area contributed by atoms with Gasteiger partial charge in [-0.15, -0.1) is 0 Å². The van der Waals surface area contributed by atoms with Gasteiger partial charge in [-0.1, -0.05) is 48.5 Å². The smallest absolute Gasteiger partial charge is 0.154 e. The Bertz CT molecular complexity index is 997. The number of fused-ring (bicyclic) bond motifs is 1. The monoisotopic (exact) mass is 344 g/mol. The number of anilines is 1. The molecule has 0 saturated carbocycles. The number of aromatic nitrogens is 3. The highest BCUT2D eigenvalue weighted by atomic mass is 16.5. The number of rotatable bonds is 6. The third-order valence-corrected chi connectivity index (χ3v) is 4.08. The summed E-state index contributed by atoms with van der Waals surface area (Å²) in [5, 5.41) is 3.36. The van der Waals surface area contributed by atoms with Crippen LogP contribution >= 0.6 is 0 Å². The van der Waals surface area contributed by atoms with Crippen molar-refractivity contribution >= 4 is 16.9 Å². The molecular weight excluding hydrogens is 324 g/mol. The summed E-state index contributed by atoms with van der Waals surface area (Å²) in [7, 11) is 0. The summed E-state index contributed by atoms with van der Waals surface area (Å²) in [4.78, 5) is 12.5. The zero-order valence-electron chi connectivity index (χ0n) is 14.6. The zero-order valence-corrected chi connectivity index (χ0v) is 14.6. The van der Waals surface area contributed by atoms with Gasteiger partial charge in [0.05, 0.1) is 12.1 Å². The number of aryl methyl sites for hydroxylation is 1. The van der Waals surface area contributed by atoms with Crippen molar-refractivity contribution in [2.45, 2.75) is 6.92 Å². The molecule has 0 aliphatic rings. The molecule has 0 radical (unpaired) electrons. The molecule has 0 unspecified atom stereocenters. The van der Waals surface area contributed by atoms with Crippen molar-refractivity contribution in [2.75, 3.05) is 18.5 Å². The van der Waals surface area contributed by atoms with Gasteiger partial charge in [0.15, 0.2) is 5.82 Å². The molecular formula is C21H20N4O. The Balaban J connectivity index is 1.52. The lowest BCUT2D eigenvalue weighted by molar-refractivity contribution is 0.333. The number of H-pyrrole nitrogens is 1. The fourth-order valence-electron chi connectivity index (χ4n) is 2.89. The first-order valence-corrected chi connectivity index (χ1v) is 8.64. The van der Waals surface area contributed by atoms with Gasteiger partial charge in [-0.2, -0.15) is 0 Å². The summed E-state index contributed by atoms with van der Waals surface area (Å²) in [6.07, 6.45) is 0. The molecule has 0 aliphatic carbocycles. The van der Waals surface area contributed by atoms with E-state index in [-0.39, 0.29) is 0 Å². The number of nitrogens with one attached hydrogen (secondary N) is 2. The van der Waals surface area contributed by atoms with Gasteiger partial charge in [-0.05, 0) is 30.7 Å². The maximum atomic E-state index is 5.73. The number of hydrogen-bond donors (Lipinski definition) is 2. The molecule has 2 N–H and O–H groups in total. The van der Waals surface area contributed by atoms with Crippen LogP contribution in [0.25, 0.3) is 22.3 Å². The molecule has 2 heterocycles. The number of benzene rings is 2. The molecule has 0 bridgehead atoms. The number of ether oxygens (including phenoxy) is 1. The van der Waals surface area contributed by atoms with Crippen LogP contribution in [0.4, 0.5) is 5.82 Å². The first kappa shape index (κ1) is 16.1. The number of nitrogens with zero attached hydrogens (tertiary/aromatic N) is 2. The molecule has 0 fully saturated rings. The summed E-state index contributed by atoms with van der Waals surface area (Å²) < 4.78 is 5.73. The molecule has 2 aromatic carbocycles. The lowest BCUT2D eigenvalue weighted by Gasteiger charge is -2.09. The SMILES string of the molecule is Cc1nc(NCCOc2ccccc2)c2[nH]c(-c3ccccc3)cc2n1. The van der Waals surface area contributed by atoms with E-state index in [9.17, 15) is 0 Å². The second-order valence-electron chi connectivity index (χ2n) is 6.02. The van der Waals surface area contributed by atoms with E-state index in [0.717, 1.165) is 39.7 Å². The molecule has 26 heavy (non-hydrogen) atoms. The van der Waals surface area contributed by atoms with E-state index in [0.29, 0.717) is 13.2 Å². The topological polar surface area (TPSA) is 62.8 Å². The highest BCUT2D eigenvalue weighted by molar-refractivity contribution is 5.90. The lowest BCUT2D eigenvalue weighted by Crippen LogP contribution is -2.13. The Hall–Kier alpha value is -3.34. The molecule has 5 heteroatoms. The fraction of sp³-hybridized carbons (Fsp3) is 0.143. The molecule has 0 saturated heterocycles. The molecule has 4 rings (SSSR count). The van der Waals surface area contributed by atoms with Gasteiger partial charge in [0, 0.05) is 5.69 Å². The van der Waals surface area contributed by atoms with Gasteiger partial charge in [-0.25, -0.2) is 9.97 Å². The molecule has 2 aromatic heterocycles. The standard InChI is InChI=1S/C21H20N4O/c1-15-23-19-14-18(16-8-4-2-5-9-16)25-20(19)21(24-15)22-12-13-26-17-10-6-3-7-11-17/h2-11,14,25H,12-13H2,1H3,(H,22,23,24). The predicted octanol–water partition coefficient (Wildman–Crippen LogP) is 4.42. The maximum absolute atomic E-state index is 5.73. The quantitative estimate of drug-likeness (QED) is 0.508. The average molecular weight is 344 g/mol. The van der Waals surface area contributed by atoms with Crippen LogP contribution in [0.5, 0.6) is 5.75 Å². The van der Waals surface area contributed by atoms with E-state index in [1.807, 2.05) is 55.5 Å². The molecule has 130 valence electrons. The van der Waals surface area contributed by atoms with Crippen LogP contribution in [0.3, 0.4) is 0 Å². The first-order chi connectivity index (χ1) is 12.8. The van der Waals surface area contributed by atoms with Gasteiger partial charge in [0.1, 0.15) is 23.7 Å². The predicted molar refractivity (Wildman–Crippen MR) is 104 cm³/mol. The maximum Gasteiger partial charge on any atom is 0.154 e. The van der Waals surface area contributed by atoms with Gasteiger partial charge < -0.3 is 15.0 Å². The van der Waals surface area contributed by atoms with E-state index < -0.39 is 0 Å². The van der Waals surface area contributed by atoms with Gasteiger partial charge in [0.2, 0.25) is 0 Å². The van der Waals surface area contributed by atoms with Crippen LogP contribution in [-0.4, -0.2) is 28.1 Å². The van der Waals surface area contributed by atoms with Crippen LogP contribution in [-0.2, 0) is 0 Å². The molecule has 5 nitrogen and oxygen atoms in total. The highest BCUT2D eigenvalue weighted by Crippen LogP contribution is 2.26. The van der Waals surface area contributed by atoms with Crippen LogP contribution in [0, 0.1) is 6.92 Å². The van der Waals surface area contributed by atoms with Gasteiger partial charge in [-0.3, -0.25) is 0 Å². The van der Waals surface area contributed by atoms with E-state index >= 15 is 0 Å². The summed E-state index contributed by atoms with van der Waals surface area (Å²) in [6.45, 7) is 3.11. The first-order valence-electron chi connectivity index (χ1n) is 8.64. The summed E-state index contributed by atoms with van der Waals surface area (Å²) in [5.74, 6) is 2.40. The Morgan fingerprint density at radius 2 is 1.69 bits per heavy atom. The minimum absolute atomic E-state index is 0.556. The van der Waals surface area contributed by atoms with Crippen LogP contribution in [0.1, 0.15) is 5.82 Å². The van der Waals surface area contributed by atoms with Crippen molar-refractivity contribution in [3.63, 3.8) is 0 Å². The average Bonchev–Trinajstić information content (AvgIpc) is 3.11. The van der Waals surface area contributed by atoms with E-state index in [4.69, 9.17) is 4.74 Å². The zero-order chi connectivity index (χ0) is 17.8. The van der Waals surface area contributed by atoms with Gasteiger partial charge >= 0.3 is 0 Å². The van der Waals surface area contributed by atoms with Crippen LogP contribution in [0.2, 0.25) is 0 Å². The van der Waals surface area contributed by atoms with Crippen LogP contribution < -0.4 is 10.1 Å². The Morgan fingerprint density at radius 3 is 2.46 bits per heavy atom. The molecule has 0 aliphatic heterocycles. The third-order valence-electron chi connectivity index (χ3n) is 4.08. The number of aromatic amines is 1. The second kappa shape index (κ2) is 7.27. The minimum Gasteiger partial charge on any atom is -0.492 e. The van der Waals surface area contributed by atoms with Crippen molar-refractivity contribution in [1.29, 1.82) is 0 Å². The summed E-state index contributed by atoms with van der Waals surface area (Å²) in [6, 6.07) is 22.1. The van der Waals surface area contributed by atoms with E-state index in [1.54, 1.807) is 0 Å². The highest BCUT2D eigenvalue weighted by Gasteiger charge is 2.10. The van der Waals surface area contributed by atoms with E-state index in [1.165, 1.54) is 0 Å². The Kier molecular flexibility index (Phi) is 4.51. The Morgan fingerprint density at radius 1 is 0.962 bits per heavy atom. The molecule has 4 aromatic rings. The van der Waals surface area contributed by atoms with Crippen molar-refractivity contribution in [2.24, 2.45) is 0 Å². The van der Waals surface area contributed by atoms with Crippen LogP contribution in [0.15, 0.2) is 66.7 Å². The second-order valence-corrected chi connectivity index (χ2v) is 6.02. The summed E-state index contributed by atoms with van der Waals surface area (Å²) in [5.41, 5.74) is 3.97. The van der Waals surface area contributed by atoms with E-state index in [2.05, 4.69) is 38.5 Å². The Labute approximate surface area is 152 Å². The summed E-state index contributed by atoms with van der Waals surface area (Å²) >= 11 is 0. The molecule has 0 spiro atoms. The number of hydrogen-bond acceptors (Lipinski definition) is 4. The van der Waals surface area contributed by atoms with Gasteiger partial charge in [0.25, 0.3) is 0 Å². The minimum atomic E-state index is 0.556.